The lowest BCUT2D eigenvalue weighted by molar-refractivity contribution is 0.0953. The van der Waals surface area contributed by atoms with Crippen LogP contribution in [0.3, 0.4) is 0 Å². The molecule has 0 aliphatic heterocycles. The lowest BCUT2D eigenvalue weighted by Gasteiger charge is -2.14. The summed E-state index contributed by atoms with van der Waals surface area (Å²) in [5, 5.41) is 9.80. The summed E-state index contributed by atoms with van der Waals surface area (Å²) in [6.07, 6.45) is 1.63. The lowest BCUT2D eigenvalue weighted by Crippen LogP contribution is -2.14. The molecular formula is C25H21F3N2O3. The van der Waals surface area contributed by atoms with Gasteiger partial charge in [-0.3, -0.25) is 9.20 Å². The van der Waals surface area contributed by atoms with E-state index in [0.717, 1.165) is 12.1 Å². The van der Waals surface area contributed by atoms with E-state index in [-0.39, 0.29) is 36.7 Å². The van der Waals surface area contributed by atoms with Gasteiger partial charge in [-0.25, -0.2) is 18.2 Å². The van der Waals surface area contributed by atoms with Crippen LogP contribution in [0.1, 0.15) is 39.6 Å². The smallest absolute Gasteiger partial charge is 0.182 e. The molecule has 0 bridgehead atoms. The number of aliphatic hydroxyl groups excluding tert-OH is 1. The molecule has 2 heterocycles. The van der Waals surface area contributed by atoms with Crippen LogP contribution in [0, 0.1) is 24.4 Å². The van der Waals surface area contributed by atoms with Crippen molar-refractivity contribution in [1.82, 2.24) is 9.38 Å². The number of nitrogens with zero attached hydrogens (tertiary/aromatic N) is 2. The lowest BCUT2D eigenvalue weighted by atomic mass is 9.93. The van der Waals surface area contributed by atoms with E-state index < -0.39 is 23.4 Å². The molecule has 0 saturated carbocycles. The zero-order chi connectivity index (χ0) is 23.5. The summed E-state index contributed by atoms with van der Waals surface area (Å²) in [4.78, 5) is 17.6. The number of ether oxygens (including phenoxy) is 1. The summed E-state index contributed by atoms with van der Waals surface area (Å²) in [7, 11) is 0. The van der Waals surface area contributed by atoms with Gasteiger partial charge in [-0.2, -0.15) is 0 Å². The van der Waals surface area contributed by atoms with Gasteiger partial charge in [0.15, 0.2) is 17.2 Å². The van der Waals surface area contributed by atoms with Gasteiger partial charge in [0.2, 0.25) is 0 Å². The van der Waals surface area contributed by atoms with Crippen LogP contribution < -0.4 is 4.74 Å². The Hall–Kier alpha value is -3.65. The molecule has 170 valence electrons. The molecule has 0 saturated heterocycles. The van der Waals surface area contributed by atoms with Gasteiger partial charge in [-0.15, -0.1) is 0 Å². The minimum absolute atomic E-state index is 0.0116. The molecule has 0 aliphatic rings. The Morgan fingerprint density at radius 1 is 1.06 bits per heavy atom. The number of hydrogen-bond donors (Lipinski definition) is 1. The van der Waals surface area contributed by atoms with Crippen molar-refractivity contribution in [3.63, 3.8) is 0 Å². The highest BCUT2D eigenvalue weighted by molar-refractivity contribution is 5.97. The van der Waals surface area contributed by atoms with Crippen molar-refractivity contribution >= 4 is 11.4 Å². The second-order valence-electron chi connectivity index (χ2n) is 7.66. The number of rotatable bonds is 8. The predicted octanol–water partition coefficient (Wildman–Crippen LogP) is 4.99. The van der Waals surface area contributed by atoms with Crippen molar-refractivity contribution in [3.05, 3.63) is 101 Å². The monoisotopic (exact) mass is 454 g/mol. The Morgan fingerprint density at radius 2 is 1.76 bits per heavy atom. The van der Waals surface area contributed by atoms with Crippen LogP contribution in [0.15, 0.2) is 60.8 Å². The highest BCUT2D eigenvalue weighted by atomic mass is 19.1. The number of aromatic nitrogens is 2. The first kappa shape index (κ1) is 22.5. The molecule has 4 aromatic rings. The number of aliphatic hydroxyl groups is 1. The van der Waals surface area contributed by atoms with Gasteiger partial charge >= 0.3 is 0 Å². The highest BCUT2D eigenvalue weighted by Crippen LogP contribution is 2.27. The minimum atomic E-state index is -0.715. The number of imidazole rings is 1. The van der Waals surface area contributed by atoms with Crippen LogP contribution in [0.25, 0.3) is 5.65 Å². The molecule has 0 radical (unpaired) electrons. The summed E-state index contributed by atoms with van der Waals surface area (Å²) in [6.45, 7) is 1.05. The standard InChI is InChI=1S/C25H21F3N2O3/c1-15-24(22(32)12-17(13-31)16-7-9-18(26)10-8-16)30-11-3-6-23(25(30)29-15)33-14-19-20(27)4-2-5-21(19)28/h2-11,17,31H,12-14H2,1H3. The predicted molar refractivity (Wildman–Crippen MR) is 116 cm³/mol. The fourth-order valence-corrected chi connectivity index (χ4v) is 3.77. The summed E-state index contributed by atoms with van der Waals surface area (Å²) in [5.41, 5.74) is 1.54. The number of aryl methyl sites for hydroxylation is 1. The number of ketones is 1. The highest BCUT2D eigenvalue weighted by Gasteiger charge is 2.23. The van der Waals surface area contributed by atoms with E-state index in [1.54, 1.807) is 41.8 Å². The molecule has 0 amide bonds. The molecule has 8 heteroatoms. The number of Topliss-reactive ketones (excluding diaryl/α,β-unsaturated/α-hetero) is 1. The third-order valence-corrected chi connectivity index (χ3v) is 5.48. The van der Waals surface area contributed by atoms with E-state index in [2.05, 4.69) is 4.98 Å². The first-order valence-electron chi connectivity index (χ1n) is 10.3. The molecule has 33 heavy (non-hydrogen) atoms. The second-order valence-corrected chi connectivity index (χ2v) is 7.66. The number of fused-ring (bicyclic) bond motifs is 1. The van der Waals surface area contributed by atoms with Crippen molar-refractivity contribution in [3.8, 4) is 5.75 Å². The van der Waals surface area contributed by atoms with Crippen molar-refractivity contribution in [2.45, 2.75) is 25.9 Å². The summed E-state index contributed by atoms with van der Waals surface area (Å²) in [6, 6.07) is 12.5. The van der Waals surface area contributed by atoms with Gasteiger partial charge in [0, 0.05) is 18.5 Å². The molecule has 0 spiro atoms. The number of halogens is 3. The van der Waals surface area contributed by atoms with Crippen molar-refractivity contribution in [2.24, 2.45) is 0 Å². The Kier molecular flexibility index (Phi) is 6.46. The van der Waals surface area contributed by atoms with Crippen molar-refractivity contribution < 1.29 is 27.8 Å². The molecular weight excluding hydrogens is 433 g/mol. The van der Waals surface area contributed by atoms with Gasteiger partial charge in [-0.05, 0) is 48.9 Å². The van der Waals surface area contributed by atoms with Gasteiger partial charge in [0.05, 0.1) is 17.9 Å². The molecule has 0 fully saturated rings. The zero-order valence-corrected chi connectivity index (χ0v) is 17.8. The average molecular weight is 454 g/mol. The van der Waals surface area contributed by atoms with E-state index in [9.17, 15) is 23.1 Å². The Balaban J connectivity index is 1.60. The number of carbonyl (C=O) groups excluding carboxylic acids is 1. The molecule has 1 atom stereocenters. The van der Waals surface area contributed by atoms with E-state index in [0.29, 0.717) is 22.6 Å². The van der Waals surface area contributed by atoms with Gasteiger partial charge in [-0.1, -0.05) is 18.2 Å². The first-order valence-corrected chi connectivity index (χ1v) is 10.3. The SMILES string of the molecule is Cc1nc2c(OCc3c(F)cccc3F)cccn2c1C(=O)CC(CO)c1ccc(F)cc1. The third-order valence-electron chi connectivity index (χ3n) is 5.48. The second kappa shape index (κ2) is 9.46. The third kappa shape index (κ3) is 4.61. The van der Waals surface area contributed by atoms with Gasteiger partial charge in [0.25, 0.3) is 0 Å². The van der Waals surface area contributed by atoms with Crippen molar-refractivity contribution in [1.29, 1.82) is 0 Å². The molecule has 2 aromatic heterocycles. The Morgan fingerprint density at radius 3 is 2.42 bits per heavy atom. The number of carbonyl (C=O) groups is 1. The topological polar surface area (TPSA) is 63.8 Å². The van der Waals surface area contributed by atoms with Crippen LogP contribution in [0.5, 0.6) is 5.75 Å². The Bertz CT molecular complexity index is 1280. The van der Waals surface area contributed by atoms with E-state index in [1.165, 1.54) is 18.2 Å². The quantitative estimate of drug-likeness (QED) is 0.381. The van der Waals surface area contributed by atoms with E-state index in [4.69, 9.17) is 4.74 Å². The maximum absolute atomic E-state index is 13.9. The largest absolute Gasteiger partial charge is 0.485 e. The number of pyridine rings is 1. The summed E-state index contributed by atoms with van der Waals surface area (Å²) < 4.78 is 48.3. The van der Waals surface area contributed by atoms with Crippen LogP contribution in [-0.2, 0) is 6.61 Å². The fraction of sp³-hybridized carbons (Fsp3) is 0.200. The van der Waals surface area contributed by atoms with Gasteiger partial charge in [0.1, 0.15) is 29.8 Å². The van der Waals surface area contributed by atoms with Crippen LogP contribution in [-0.4, -0.2) is 26.9 Å². The minimum Gasteiger partial charge on any atom is -0.485 e. The van der Waals surface area contributed by atoms with E-state index >= 15 is 0 Å². The molecule has 1 unspecified atom stereocenters. The van der Waals surface area contributed by atoms with Crippen LogP contribution in [0.4, 0.5) is 13.2 Å². The van der Waals surface area contributed by atoms with Crippen LogP contribution >= 0.6 is 0 Å². The number of benzene rings is 2. The van der Waals surface area contributed by atoms with Crippen molar-refractivity contribution in [2.75, 3.05) is 6.61 Å². The average Bonchev–Trinajstić information content (AvgIpc) is 3.14. The van der Waals surface area contributed by atoms with Crippen LogP contribution in [0.2, 0.25) is 0 Å². The maximum Gasteiger partial charge on any atom is 0.182 e. The molecule has 0 aliphatic carbocycles. The molecule has 4 rings (SSSR count). The summed E-state index contributed by atoms with van der Waals surface area (Å²) >= 11 is 0. The summed E-state index contributed by atoms with van der Waals surface area (Å²) in [5.74, 6) is -2.34. The molecule has 5 nitrogen and oxygen atoms in total. The fourth-order valence-electron chi connectivity index (χ4n) is 3.77. The normalized spacial score (nSPS) is 12.2. The number of hydrogen-bond acceptors (Lipinski definition) is 4. The Labute approximate surface area is 188 Å². The maximum atomic E-state index is 13.9. The van der Waals surface area contributed by atoms with Gasteiger partial charge < -0.3 is 9.84 Å². The van der Waals surface area contributed by atoms with E-state index in [1.807, 2.05) is 0 Å². The molecule has 2 aromatic carbocycles. The molecule has 1 N–H and O–H groups in total. The first-order chi connectivity index (χ1) is 15.9. The zero-order valence-electron chi connectivity index (χ0n) is 17.8.